The molecule has 0 bridgehead atoms. The standard InChI is InChI=1S/C13H21NO2S/c1-4-16-13(15)11(2)10-14(3)8-7-12-6-5-9-17-12/h5-6,9,11H,4,7-8,10H2,1-3H3. The normalized spacial score (nSPS) is 12.7. The van der Waals surface area contributed by atoms with Crippen molar-refractivity contribution >= 4 is 17.3 Å². The molecule has 0 aliphatic heterocycles. The van der Waals surface area contributed by atoms with Crippen molar-refractivity contribution in [2.75, 3.05) is 26.7 Å². The molecule has 1 aromatic heterocycles. The van der Waals surface area contributed by atoms with Gasteiger partial charge >= 0.3 is 5.97 Å². The van der Waals surface area contributed by atoms with Gasteiger partial charge in [-0.1, -0.05) is 13.0 Å². The Bertz CT molecular complexity index is 324. The molecule has 1 heterocycles. The summed E-state index contributed by atoms with van der Waals surface area (Å²) in [4.78, 5) is 15.0. The smallest absolute Gasteiger partial charge is 0.309 e. The van der Waals surface area contributed by atoms with Gasteiger partial charge in [-0.2, -0.15) is 0 Å². The van der Waals surface area contributed by atoms with Crippen molar-refractivity contribution in [1.29, 1.82) is 0 Å². The van der Waals surface area contributed by atoms with E-state index < -0.39 is 0 Å². The third-order valence-electron chi connectivity index (χ3n) is 2.59. The second-order valence-corrected chi connectivity index (χ2v) is 5.28. The molecule has 3 nitrogen and oxygen atoms in total. The van der Waals surface area contributed by atoms with Crippen molar-refractivity contribution in [1.82, 2.24) is 4.90 Å². The van der Waals surface area contributed by atoms with Crippen LogP contribution in [0, 0.1) is 5.92 Å². The van der Waals surface area contributed by atoms with Crippen LogP contribution in [0.5, 0.6) is 0 Å². The molecule has 0 amide bonds. The Morgan fingerprint density at radius 2 is 2.35 bits per heavy atom. The zero-order valence-corrected chi connectivity index (χ0v) is 11.6. The van der Waals surface area contributed by atoms with E-state index in [0.29, 0.717) is 6.61 Å². The van der Waals surface area contributed by atoms with Crippen LogP contribution in [-0.4, -0.2) is 37.6 Å². The fraction of sp³-hybridized carbons (Fsp3) is 0.615. The average molecular weight is 255 g/mol. The molecule has 4 heteroatoms. The van der Waals surface area contributed by atoms with Crippen LogP contribution in [0.3, 0.4) is 0 Å². The van der Waals surface area contributed by atoms with E-state index in [4.69, 9.17) is 4.74 Å². The van der Waals surface area contributed by atoms with E-state index in [9.17, 15) is 4.79 Å². The molecule has 0 N–H and O–H groups in total. The first-order valence-corrected chi connectivity index (χ1v) is 6.89. The lowest BCUT2D eigenvalue weighted by Gasteiger charge is -2.19. The summed E-state index contributed by atoms with van der Waals surface area (Å²) in [6.45, 7) is 5.95. The van der Waals surface area contributed by atoms with Crippen molar-refractivity contribution in [3.63, 3.8) is 0 Å². The first-order chi connectivity index (χ1) is 8.13. The van der Waals surface area contributed by atoms with Crippen molar-refractivity contribution in [3.05, 3.63) is 22.4 Å². The van der Waals surface area contributed by atoms with Crippen LogP contribution in [0.4, 0.5) is 0 Å². The van der Waals surface area contributed by atoms with E-state index in [2.05, 4.69) is 22.4 Å². The van der Waals surface area contributed by atoms with E-state index in [1.54, 1.807) is 11.3 Å². The van der Waals surface area contributed by atoms with Gasteiger partial charge in [0.05, 0.1) is 12.5 Å². The highest BCUT2D eigenvalue weighted by Crippen LogP contribution is 2.10. The molecule has 1 rings (SSSR count). The number of hydrogen-bond donors (Lipinski definition) is 0. The molecular weight excluding hydrogens is 234 g/mol. The number of carbonyl (C=O) groups excluding carboxylic acids is 1. The van der Waals surface area contributed by atoms with Crippen LogP contribution >= 0.6 is 11.3 Å². The van der Waals surface area contributed by atoms with Gasteiger partial charge in [0.1, 0.15) is 0 Å². The highest BCUT2D eigenvalue weighted by atomic mass is 32.1. The topological polar surface area (TPSA) is 29.5 Å². The van der Waals surface area contributed by atoms with Gasteiger partial charge in [-0.05, 0) is 31.8 Å². The second-order valence-electron chi connectivity index (χ2n) is 4.24. The summed E-state index contributed by atoms with van der Waals surface area (Å²) in [5.74, 6) is -0.154. The molecule has 0 aromatic carbocycles. The van der Waals surface area contributed by atoms with Gasteiger partial charge in [-0.3, -0.25) is 4.79 Å². The van der Waals surface area contributed by atoms with Gasteiger partial charge in [0.15, 0.2) is 0 Å². The van der Waals surface area contributed by atoms with E-state index in [1.165, 1.54) is 4.88 Å². The number of rotatable bonds is 7. The minimum atomic E-state index is -0.101. The van der Waals surface area contributed by atoms with Crippen LogP contribution in [-0.2, 0) is 16.0 Å². The zero-order chi connectivity index (χ0) is 12.7. The maximum atomic E-state index is 11.5. The molecule has 0 saturated carbocycles. The summed E-state index contributed by atoms with van der Waals surface area (Å²) in [5, 5.41) is 2.09. The van der Waals surface area contributed by atoms with Crippen molar-refractivity contribution < 1.29 is 9.53 Å². The molecule has 0 spiro atoms. The van der Waals surface area contributed by atoms with Crippen molar-refractivity contribution in [3.8, 4) is 0 Å². The van der Waals surface area contributed by atoms with Crippen LogP contribution in [0.2, 0.25) is 0 Å². The van der Waals surface area contributed by atoms with E-state index in [1.807, 2.05) is 20.9 Å². The lowest BCUT2D eigenvalue weighted by molar-refractivity contribution is -0.147. The summed E-state index contributed by atoms with van der Waals surface area (Å²) < 4.78 is 4.99. The first kappa shape index (κ1) is 14.2. The van der Waals surface area contributed by atoms with Crippen molar-refractivity contribution in [2.24, 2.45) is 5.92 Å². The molecule has 0 radical (unpaired) electrons. The molecule has 0 fully saturated rings. The lowest BCUT2D eigenvalue weighted by Crippen LogP contribution is -2.31. The lowest BCUT2D eigenvalue weighted by atomic mass is 10.1. The summed E-state index contributed by atoms with van der Waals surface area (Å²) >= 11 is 1.78. The number of likely N-dealkylation sites (N-methyl/N-ethyl adjacent to an activating group) is 1. The predicted octanol–water partition coefficient (Wildman–Crippen LogP) is 2.42. The fourth-order valence-corrected chi connectivity index (χ4v) is 2.37. The highest BCUT2D eigenvalue weighted by molar-refractivity contribution is 7.09. The third-order valence-corrected chi connectivity index (χ3v) is 3.53. The SMILES string of the molecule is CCOC(=O)C(C)CN(C)CCc1cccs1. The van der Waals surface area contributed by atoms with Crippen LogP contribution < -0.4 is 0 Å². The average Bonchev–Trinajstić information content (AvgIpc) is 2.79. The van der Waals surface area contributed by atoms with E-state index in [0.717, 1.165) is 19.5 Å². The number of carbonyl (C=O) groups is 1. The molecule has 0 aliphatic rings. The number of nitrogens with zero attached hydrogens (tertiary/aromatic N) is 1. The maximum absolute atomic E-state index is 11.5. The molecule has 17 heavy (non-hydrogen) atoms. The van der Waals surface area contributed by atoms with E-state index >= 15 is 0 Å². The van der Waals surface area contributed by atoms with Gasteiger partial charge in [0.25, 0.3) is 0 Å². The molecular formula is C13H21NO2S. The van der Waals surface area contributed by atoms with Gasteiger partial charge in [0.2, 0.25) is 0 Å². The number of hydrogen-bond acceptors (Lipinski definition) is 4. The van der Waals surface area contributed by atoms with Crippen LogP contribution in [0.25, 0.3) is 0 Å². The number of ether oxygens (including phenoxy) is 1. The quantitative estimate of drug-likeness (QED) is 0.701. The number of esters is 1. The van der Waals surface area contributed by atoms with Gasteiger partial charge in [0, 0.05) is 18.0 Å². The Labute approximate surface area is 107 Å². The van der Waals surface area contributed by atoms with Gasteiger partial charge in [-0.25, -0.2) is 0 Å². The van der Waals surface area contributed by atoms with Crippen LogP contribution in [0.15, 0.2) is 17.5 Å². The Balaban J connectivity index is 2.24. The largest absolute Gasteiger partial charge is 0.466 e. The third kappa shape index (κ3) is 5.33. The second kappa shape index (κ2) is 7.45. The Morgan fingerprint density at radius 3 is 2.94 bits per heavy atom. The van der Waals surface area contributed by atoms with Gasteiger partial charge in [-0.15, -0.1) is 11.3 Å². The summed E-state index contributed by atoms with van der Waals surface area (Å²) in [6, 6.07) is 4.22. The summed E-state index contributed by atoms with van der Waals surface area (Å²) in [7, 11) is 2.04. The predicted molar refractivity (Wildman–Crippen MR) is 71.3 cm³/mol. The van der Waals surface area contributed by atoms with Crippen molar-refractivity contribution in [2.45, 2.75) is 20.3 Å². The molecule has 96 valence electrons. The van der Waals surface area contributed by atoms with Crippen LogP contribution in [0.1, 0.15) is 18.7 Å². The first-order valence-electron chi connectivity index (χ1n) is 6.01. The Hall–Kier alpha value is -0.870. The Kier molecular flexibility index (Phi) is 6.22. The van der Waals surface area contributed by atoms with E-state index in [-0.39, 0.29) is 11.9 Å². The highest BCUT2D eigenvalue weighted by Gasteiger charge is 2.15. The molecule has 1 unspecified atom stereocenters. The molecule has 0 aliphatic carbocycles. The molecule has 1 aromatic rings. The molecule has 1 atom stereocenters. The minimum Gasteiger partial charge on any atom is -0.466 e. The summed E-state index contributed by atoms with van der Waals surface area (Å²) in [5.41, 5.74) is 0. The monoisotopic (exact) mass is 255 g/mol. The Morgan fingerprint density at radius 1 is 1.59 bits per heavy atom. The minimum absolute atomic E-state index is 0.0525. The molecule has 0 saturated heterocycles. The summed E-state index contributed by atoms with van der Waals surface area (Å²) in [6.07, 6.45) is 1.05. The number of thiophene rings is 1. The fourth-order valence-electron chi connectivity index (χ4n) is 1.67. The van der Waals surface area contributed by atoms with Gasteiger partial charge < -0.3 is 9.64 Å². The zero-order valence-electron chi connectivity index (χ0n) is 10.8. The maximum Gasteiger partial charge on any atom is 0.309 e.